The number of hydrogen-bond donors (Lipinski definition) is 1. The SMILES string of the molecule is Cc1c(CNCCCOCC2CCCO2)cc(C#N)n1C. The molecule has 1 fully saturated rings. The highest BCUT2D eigenvalue weighted by atomic mass is 16.5. The van der Waals surface area contributed by atoms with Gasteiger partial charge in [-0.05, 0) is 44.4 Å². The van der Waals surface area contributed by atoms with E-state index in [9.17, 15) is 0 Å². The summed E-state index contributed by atoms with van der Waals surface area (Å²) in [7, 11) is 1.93. The van der Waals surface area contributed by atoms with Gasteiger partial charge >= 0.3 is 0 Å². The zero-order valence-electron chi connectivity index (χ0n) is 13.0. The number of ether oxygens (including phenoxy) is 2. The van der Waals surface area contributed by atoms with Crippen LogP contribution in [0.5, 0.6) is 0 Å². The third-order valence-electron chi connectivity index (χ3n) is 4.04. The molecule has 1 unspecified atom stereocenters. The van der Waals surface area contributed by atoms with Crippen LogP contribution in [0.1, 0.15) is 36.2 Å². The van der Waals surface area contributed by atoms with Gasteiger partial charge in [0.25, 0.3) is 0 Å². The van der Waals surface area contributed by atoms with Crippen LogP contribution in [0.15, 0.2) is 6.07 Å². The summed E-state index contributed by atoms with van der Waals surface area (Å²) in [6, 6.07) is 4.16. The normalized spacial score (nSPS) is 18.0. The topological polar surface area (TPSA) is 59.2 Å². The Morgan fingerprint density at radius 1 is 1.57 bits per heavy atom. The lowest BCUT2D eigenvalue weighted by atomic mass is 10.2. The van der Waals surface area contributed by atoms with E-state index in [1.807, 2.05) is 24.6 Å². The van der Waals surface area contributed by atoms with E-state index in [1.165, 1.54) is 5.56 Å². The second-order valence-electron chi connectivity index (χ2n) is 5.55. The fraction of sp³-hybridized carbons (Fsp3) is 0.688. The Morgan fingerprint density at radius 3 is 3.10 bits per heavy atom. The van der Waals surface area contributed by atoms with E-state index >= 15 is 0 Å². The summed E-state index contributed by atoms with van der Waals surface area (Å²) >= 11 is 0. The minimum atomic E-state index is 0.314. The molecule has 5 heteroatoms. The number of nitrogens with zero attached hydrogens (tertiary/aromatic N) is 2. The fourth-order valence-electron chi connectivity index (χ4n) is 2.56. The Bertz CT molecular complexity index is 484. The molecule has 0 bridgehead atoms. The van der Waals surface area contributed by atoms with E-state index in [-0.39, 0.29) is 0 Å². The molecule has 0 spiro atoms. The lowest BCUT2D eigenvalue weighted by molar-refractivity contribution is 0.0166. The van der Waals surface area contributed by atoms with Gasteiger partial charge in [-0.2, -0.15) is 5.26 Å². The van der Waals surface area contributed by atoms with Crippen molar-refractivity contribution in [2.75, 3.05) is 26.4 Å². The molecule has 2 heterocycles. The zero-order chi connectivity index (χ0) is 15.1. The summed E-state index contributed by atoms with van der Waals surface area (Å²) in [4.78, 5) is 0. The largest absolute Gasteiger partial charge is 0.379 e. The van der Waals surface area contributed by atoms with Crippen LogP contribution in [0.25, 0.3) is 0 Å². The number of hydrogen-bond acceptors (Lipinski definition) is 4. The van der Waals surface area contributed by atoms with Crippen molar-refractivity contribution < 1.29 is 9.47 Å². The van der Waals surface area contributed by atoms with Crippen LogP contribution in [-0.2, 0) is 23.1 Å². The van der Waals surface area contributed by atoms with Gasteiger partial charge in [-0.15, -0.1) is 0 Å². The number of rotatable bonds is 8. The van der Waals surface area contributed by atoms with Gasteiger partial charge in [-0.1, -0.05) is 0 Å². The number of aromatic nitrogens is 1. The highest BCUT2D eigenvalue weighted by Gasteiger charge is 2.14. The second-order valence-corrected chi connectivity index (χ2v) is 5.55. The minimum absolute atomic E-state index is 0.314. The molecule has 116 valence electrons. The van der Waals surface area contributed by atoms with Gasteiger partial charge in [0.1, 0.15) is 11.8 Å². The molecule has 1 aliphatic heterocycles. The molecular formula is C16H25N3O2. The highest BCUT2D eigenvalue weighted by Crippen LogP contribution is 2.13. The maximum absolute atomic E-state index is 9.00. The van der Waals surface area contributed by atoms with Crippen LogP contribution >= 0.6 is 0 Å². The molecule has 2 rings (SSSR count). The quantitative estimate of drug-likeness (QED) is 0.743. The first kappa shape index (κ1) is 16.0. The first-order chi connectivity index (χ1) is 10.2. The van der Waals surface area contributed by atoms with Gasteiger partial charge in [-0.3, -0.25) is 0 Å². The van der Waals surface area contributed by atoms with Crippen molar-refractivity contribution in [2.24, 2.45) is 7.05 Å². The molecule has 1 N–H and O–H groups in total. The summed E-state index contributed by atoms with van der Waals surface area (Å²) in [5.41, 5.74) is 3.05. The first-order valence-electron chi connectivity index (χ1n) is 7.67. The van der Waals surface area contributed by atoms with Crippen LogP contribution in [-0.4, -0.2) is 37.0 Å². The lowest BCUT2D eigenvalue weighted by Crippen LogP contribution is -2.19. The van der Waals surface area contributed by atoms with Crippen LogP contribution in [0.2, 0.25) is 0 Å². The molecule has 5 nitrogen and oxygen atoms in total. The predicted octanol–water partition coefficient (Wildman–Crippen LogP) is 1.88. The van der Waals surface area contributed by atoms with Crippen molar-refractivity contribution in [3.63, 3.8) is 0 Å². The predicted molar refractivity (Wildman–Crippen MR) is 81.0 cm³/mol. The Hall–Kier alpha value is -1.35. The average Bonchev–Trinajstić information content (AvgIpc) is 3.09. The van der Waals surface area contributed by atoms with Gasteiger partial charge in [0.2, 0.25) is 0 Å². The molecular weight excluding hydrogens is 266 g/mol. The summed E-state index contributed by atoms with van der Waals surface area (Å²) in [6.07, 6.45) is 3.60. The van der Waals surface area contributed by atoms with Crippen LogP contribution in [0.3, 0.4) is 0 Å². The molecule has 21 heavy (non-hydrogen) atoms. The molecule has 0 aromatic carbocycles. The van der Waals surface area contributed by atoms with E-state index in [0.29, 0.717) is 11.8 Å². The standard InChI is InChI=1S/C16H25N3O2/c1-13-14(9-15(10-17)19(13)2)11-18-6-4-7-20-12-16-5-3-8-21-16/h9,16,18H,3-8,11-12H2,1-2H3. The van der Waals surface area contributed by atoms with Crippen LogP contribution < -0.4 is 5.32 Å². The Morgan fingerprint density at radius 2 is 2.43 bits per heavy atom. The van der Waals surface area contributed by atoms with Crippen molar-refractivity contribution in [1.82, 2.24) is 9.88 Å². The molecule has 1 aromatic rings. The monoisotopic (exact) mass is 291 g/mol. The number of nitriles is 1. The van der Waals surface area contributed by atoms with Gasteiger partial charge < -0.3 is 19.4 Å². The maximum Gasteiger partial charge on any atom is 0.120 e. The molecule has 0 aliphatic carbocycles. The minimum Gasteiger partial charge on any atom is -0.379 e. The van der Waals surface area contributed by atoms with E-state index < -0.39 is 0 Å². The second kappa shape index (κ2) is 8.18. The van der Waals surface area contributed by atoms with Gasteiger partial charge in [-0.25, -0.2) is 0 Å². The molecule has 1 aromatic heterocycles. The average molecular weight is 291 g/mol. The third-order valence-corrected chi connectivity index (χ3v) is 4.04. The molecule has 0 radical (unpaired) electrons. The van der Waals surface area contributed by atoms with E-state index in [1.54, 1.807) is 0 Å². The Balaban J connectivity index is 1.56. The van der Waals surface area contributed by atoms with Crippen molar-refractivity contribution in [1.29, 1.82) is 5.26 Å². The summed E-state index contributed by atoms with van der Waals surface area (Å²) in [6.45, 7) is 6.14. The molecule has 0 amide bonds. The van der Waals surface area contributed by atoms with Crippen molar-refractivity contribution in [3.05, 3.63) is 23.0 Å². The van der Waals surface area contributed by atoms with Crippen molar-refractivity contribution in [3.8, 4) is 6.07 Å². The zero-order valence-corrected chi connectivity index (χ0v) is 13.0. The van der Waals surface area contributed by atoms with Crippen molar-refractivity contribution >= 4 is 0 Å². The van der Waals surface area contributed by atoms with Gasteiger partial charge in [0, 0.05) is 32.5 Å². The Kier molecular flexibility index (Phi) is 6.24. The molecule has 1 atom stereocenters. The fourth-order valence-corrected chi connectivity index (χ4v) is 2.56. The van der Waals surface area contributed by atoms with Crippen LogP contribution in [0.4, 0.5) is 0 Å². The highest BCUT2D eigenvalue weighted by molar-refractivity contribution is 5.33. The van der Waals surface area contributed by atoms with Crippen molar-refractivity contribution in [2.45, 2.75) is 38.8 Å². The van der Waals surface area contributed by atoms with Crippen LogP contribution in [0, 0.1) is 18.3 Å². The lowest BCUT2D eigenvalue weighted by Gasteiger charge is -2.10. The first-order valence-corrected chi connectivity index (χ1v) is 7.67. The molecule has 1 saturated heterocycles. The maximum atomic E-state index is 9.00. The summed E-state index contributed by atoms with van der Waals surface area (Å²) in [5.74, 6) is 0. The van der Waals surface area contributed by atoms with E-state index in [0.717, 1.165) is 57.9 Å². The smallest absolute Gasteiger partial charge is 0.120 e. The van der Waals surface area contributed by atoms with Gasteiger partial charge in [0.15, 0.2) is 0 Å². The van der Waals surface area contributed by atoms with E-state index in [4.69, 9.17) is 14.7 Å². The van der Waals surface area contributed by atoms with E-state index in [2.05, 4.69) is 11.4 Å². The summed E-state index contributed by atoms with van der Waals surface area (Å²) < 4.78 is 13.1. The number of nitrogens with one attached hydrogen (secondary N) is 1. The Labute approximate surface area is 126 Å². The van der Waals surface area contributed by atoms with Gasteiger partial charge in [0.05, 0.1) is 12.7 Å². The molecule has 0 saturated carbocycles. The summed E-state index contributed by atoms with van der Waals surface area (Å²) in [5, 5.41) is 12.4. The molecule has 1 aliphatic rings. The third kappa shape index (κ3) is 4.57.